The monoisotopic (exact) mass is 285 g/mol. The Morgan fingerprint density at radius 1 is 1.28 bits per heavy atom. The summed E-state index contributed by atoms with van der Waals surface area (Å²) in [5.41, 5.74) is 1.18. The molecule has 3 unspecified atom stereocenters. The van der Waals surface area contributed by atoms with Crippen molar-refractivity contribution in [2.75, 3.05) is 7.05 Å². The molecule has 18 heavy (non-hydrogen) atoms. The molecule has 1 aromatic carbocycles. The zero-order valence-electron chi connectivity index (χ0n) is 11.0. The van der Waals surface area contributed by atoms with Crippen molar-refractivity contribution in [1.29, 1.82) is 0 Å². The second kappa shape index (κ2) is 6.27. The molecule has 0 spiro atoms. The molecule has 2 rings (SSSR count). The van der Waals surface area contributed by atoms with Crippen molar-refractivity contribution >= 4 is 23.2 Å². The third-order valence-corrected chi connectivity index (χ3v) is 4.62. The van der Waals surface area contributed by atoms with Crippen molar-refractivity contribution in [2.45, 2.75) is 38.6 Å². The van der Waals surface area contributed by atoms with Crippen LogP contribution in [-0.2, 0) is 0 Å². The van der Waals surface area contributed by atoms with E-state index in [9.17, 15) is 0 Å². The summed E-state index contributed by atoms with van der Waals surface area (Å²) in [4.78, 5) is 0. The molecule has 0 radical (unpaired) electrons. The minimum absolute atomic E-state index is 0.345. The van der Waals surface area contributed by atoms with Crippen LogP contribution in [0.3, 0.4) is 0 Å². The SMILES string of the molecule is CNC(c1ccc(Cl)cc1Cl)C1CCCC(C)C1. The molecule has 3 heteroatoms. The van der Waals surface area contributed by atoms with Crippen LogP contribution >= 0.6 is 23.2 Å². The van der Waals surface area contributed by atoms with Crippen molar-refractivity contribution in [1.82, 2.24) is 5.32 Å². The van der Waals surface area contributed by atoms with E-state index in [0.29, 0.717) is 17.0 Å². The molecule has 1 aliphatic rings. The topological polar surface area (TPSA) is 12.0 Å². The lowest BCUT2D eigenvalue weighted by atomic mass is 9.77. The van der Waals surface area contributed by atoms with E-state index in [4.69, 9.17) is 23.2 Å². The molecular weight excluding hydrogens is 265 g/mol. The molecule has 0 bridgehead atoms. The van der Waals surface area contributed by atoms with Crippen LogP contribution in [0, 0.1) is 11.8 Å². The maximum atomic E-state index is 6.33. The smallest absolute Gasteiger partial charge is 0.0468 e. The average Bonchev–Trinajstić information content (AvgIpc) is 2.33. The van der Waals surface area contributed by atoms with Gasteiger partial charge in [-0.2, -0.15) is 0 Å². The van der Waals surface area contributed by atoms with Gasteiger partial charge in [-0.15, -0.1) is 0 Å². The first-order valence-corrected chi connectivity index (χ1v) is 7.49. The summed E-state index contributed by atoms with van der Waals surface area (Å²) in [6.45, 7) is 2.35. The van der Waals surface area contributed by atoms with Crippen LogP contribution in [0.5, 0.6) is 0 Å². The molecule has 0 amide bonds. The van der Waals surface area contributed by atoms with Gasteiger partial charge in [0.15, 0.2) is 0 Å². The molecule has 1 aromatic rings. The largest absolute Gasteiger partial charge is 0.313 e. The van der Waals surface area contributed by atoms with Crippen molar-refractivity contribution in [3.8, 4) is 0 Å². The highest BCUT2D eigenvalue weighted by atomic mass is 35.5. The third kappa shape index (κ3) is 3.20. The summed E-state index contributed by atoms with van der Waals surface area (Å²) in [5.74, 6) is 1.50. The number of hydrogen-bond donors (Lipinski definition) is 1. The number of benzene rings is 1. The van der Waals surface area contributed by atoms with E-state index in [1.54, 1.807) is 0 Å². The van der Waals surface area contributed by atoms with E-state index in [0.717, 1.165) is 10.9 Å². The minimum Gasteiger partial charge on any atom is -0.313 e. The zero-order valence-corrected chi connectivity index (χ0v) is 12.6. The van der Waals surface area contributed by atoms with Crippen molar-refractivity contribution in [3.63, 3.8) is 0 Å². The van der Waals surface area contributed by atoms with Gasteiger partial charge >= 0.3 is 0 Å². The number of nitrogens with one attached hydrogen (secondary N) is 1. The van der Waals surface area contributed by atoms with Crippen LogP contribution in [-0.4, -0.2) is 7.05 Å². The summed E-state index contributed by atoms with van der Waals surface area (Å²) in [5, 5.41) is 4.92. The molecule has 0 saturated heterocycles. The predicted octanol–water partition coefficient (Wildman–Crippen LogP) is 5.08. The molecule has 3 atom stereocenters. The maximum Gasteiger partial charge on any atom is 0.0468 e. The lowest BCUT2D eigenvalue weighted by Gasteiger charge is -2.33. The van der Waals surface area contributed by atoms with Gasteiger partial charge in [-0.3, -0.25) is 0 Å². The molecule has 1 aliphatic carbocycles. The van der Waals surface area contributed by atoms with Crippen LogP contribution in [0.4, 0.5) is 0 Å². The Balaban J connectivity index is 2.21. The first-order chi connectivity index (χ1) is 8.61. The van der Waals surface area contributed by atoms with Gasteiger partial charge < -0.3 is 5.32 Å². The van der Waals surface area contributed by atoms with Crippen LogP contribution in [0.25, 0.3) is 0 Å². The first kappa shape index (κ1) is 14.2. The Labute approximate surface area is 120 Å². The molecule has 1 N–H and O–H groups in total. The molecule has 1 nitrogen and oxygen atoms in total. The molecule has 100 valence electrons. The van der Waals surface area contributed by atoms with Crippen LogP contribution in [0.2, 0.25) is 10.0 Å². The van der Waals surface area contributed by atoms with E-state index in [1.165, 1.54) is 31.2 Å². The van der Waals surface area contributed by atoms with Crippen molar-refractivity contribution in [3.05, 3.63) is 33.8 Å². The van der Waals surface area contributed by atoms with E-state index in [2.05, 4.69) is 18.3 Å². The van der Waals surface area contributed by atoms with Gasteiger partial charge in [0.25, 0.3) is 0 Å². The van der Waals surface area contributed by atoms with E-state index >= 15 is 0 Å². The lowest BCUT2D eigenvalue weighted by molar-refractivity contribution is 0.230. The Kier molecular flexibility index (Phi) is 4.94. The highest BCUT2D eigenvalue weighted by molar-refractivity contribution is 6.35. The van der Waals surface area contributed by atoms with Gasteiger partial charge in [-0.1, -0.05) is 49.0 Å². The first-order valence-electron chi connectivity index (χ1n) is 6.74. The fraction of sp³-hybridized carbons (Fsp3) is 0.600. The third-order valence-electron chi connectivity index (χ3n) is 4.06. The second-order valence-corrected chi connectivity index (χ2v) is 6.31. The van der Waals surface area contributed by atoms with Crippen molar-refractivity contribution in [2.24, 2.45) is 11.8 Å². The van der Waals surface area contributed by atoms with Gasteiger partial charge in [0.05, 0.1) is 0 Å². The molecule has 1 saturated carbocycles. The van der Waals surface area contributed by atoms with Crippen molar-refractivity contribution < 1.29 is 0 Å². The van der Waals surface area contributed by atoms with E-state index < -0.39 is 0 Å². The van der Waals surface area contributed by atoms with Crippen LogP contribution in [0.1, 0.15) is 44.2 Å². The normalized spacial score (nSPS) is 26.0. The summed E-state index contributed by atoms with van der Waals surface area (Å²) >= 11 is 12.3. The highest BCUT2D eigenvalue weighted by Gasteiger charge is 2.27. The van der Waals surface area contributed by atoms with Gasteiger partial charge in [0.2, 0.25) is 0 Å². The maximum absolute atomic E-state index is 6.33. The molecule has 0 aromatic heterocycles. The van der Waals surface area contributed by atoms with Gasteiger partial charge in [0.1, 0.15) is 0 Å². The minimum atomic E-state index is 0.345. The Morgan fingerprint density at radius 2 is 2.06 bits per heavy atom. The Hall–Kier alpha value is -0.240. The zero-order chi connectivity index (χ0) is 13.1. The van der Waals surface area contributed by atoms with E-state index in [1.807, 2.05) is 19.2 Å². The van der Waals surface area contributed by atoms with Crippen LogP contribution in [0.15, 0.2) is 18.2 Å². The fourth-order valence-corrected chi connectivity index (χ4v) is 3.71. The summed E-state index contributed by atoms with van der Waals surface area (Å²) < 4.78 is 0. The number of halogens is 2. The highest BCUT2D eigenvalue weighted by Crippen LogP contribution is 2.39. The Morgan fingerprint density at radius 3 is 2.67 bits per heavy atom. The van der Waals surface area contributed by atoms with E-state index in [-0.39, 0.29) is 0 Å². The standard InChI is InChI=1S/C15H21Cl2N/c1-10-4-3-5-11(8-10)15(18-2)13-7-6-12(16)9-14(13)17/h6-7,9-11,15,18H,3-5,8H2,1-2H3. The quantitative estimate of drug-likeness (QED) is 0.817. The number of hydrogen-bond acceptors (Lipinski definition) is 1. The average molecular weight is 286 g/mol. The summed E-state index contributed by atoms with van der Waals surface area (Å²) in [6, 6.07) is 6.18. The molecular formula is C15H21Cl2N. The summed E-state index contributed by atoms with van der Waals surface area (Å²) in [6.07, 6.45) is 5.26. The second-order valence-electron chi connectivity index (χ2n) is 5.46. The predicted molar refractivity (Wildman–Crippen MR) is 79.4 cm³/mol. The fourth-order valence-electron chi connectivity index (χ4n) is 3.18. The lowest BCUT2D eigenvalue weighted by Crippen LogP contribution is -2.29. The van der Waals surface area contributed by atoms with Gasteiger partial charge in [-0.05, 0) is 49.4 Å². The van der Waals surface area contributed by atoms with Gasteiger partial charge in [0, 0.05) is 16.1 Å². The molecule has 0 heterocycles. The molecule has 0 aliphatic heterocycles. The number of rotatable bonds is 3. The molecule has 1 fully saturated rings. The van der Waals surface area contributed by atoms with Gasteiger partial charge in [-0.25, -0.2) is 0 Å². The summed E-state index contributed by atoms with van der Waals surface area (Å²) in [7, 11) is 2.02. The Bertz CT molecular complexity index is 405. The van der Waals surface area contributed by atoms with Crippen LogP contribution < -0.4 is 5.32 Å².